The summed E-state index contributed by atoms with van der Waals surface area (Å²) in [6, 6.07) is 4.46. The number of hydrogen-bond acceptors (Lipinski definition) is 19. The second kappa shape index (κ2) is 27.3. The molecule has 6 atom stereocenters. The van der Waals surface area contributed by atoms with Gasteiger partial charge in [-0.3, -0.25) is 14.4 Å². The zero-order chi connectivity index (χ0) is 51.6. The number of carbonyl (C=O) groups excluding carboxylic acids is 2. The molecule has 24 nitrogen and oxygen atoms in total. The Morgan fingerprint density at radius 1 is 0.722 bits per heavy atom. The number of amides is 2. The van der Waals surface area contributed by atoms with Gasteiger partial charge < -0.3 is 60.8 Å². The molecule has 2 aliphatic rings. The second-order valence-corrected chi connectivity index (χ2v) is 18.2. The molecule has 0 spiro atoms. The fourth-order valence-corrected chi connectivity index (χ4v) is 8.26. The highest BCUT2D eigenvalue weighted by atomic mass is 16.5. The molecular weight excluding hydrogens is 929 g/mol. The Balaban J connectivity index is 1.15. The number of aromatic hydroxyl groups is 1. The van der Waals surface area contributed by atoms with Gasteiger partial charge in [0.2, 0.25) is 29.7 Å². The molecule has 0 bridgehead atoms. The lowest BCUT2D eigenvalue weighted by Crippen LogP contribution is -2.52. The number of aromatic nitrogens is 9. The Labute approximate surface area is 420 Å². The van der Waals surface area contributed by atoms with Crippen LogP contribution >= 0.6 is 0 Å². The highest BCUT2D eigenvalue weighted by Crippen LogP contribution is 2.27. The second-order valence-electron chi connectivity index (χ2n) is 18.2. The third kappa shape index (κ3) is 15.2. The van der Waals surface area contributed by atoms with Crippen LogP contribution in [0.2, 0.25) is 0 Å². The Morgan fingerprint density at radius 3 is 1.71 bits per heavy atom. The summed E-state index contributed by atoms with van der Waals surface area (Å²) < 4.78 is 19.6. The molecule has 392 valence electrons. The van der Waals surface area contributed by atoms with Crippen LogP contribution in [0.1, 0.15) is 94.5 Å². The SMILES string of the molecule is C#CCOCCOCCOCCNc1nc(N2CCN(C(=O)[C@@H](Cc3ccc(O)cc3)n3cc(C(N)[C@H](C)CC)nn3)CC2)nc(N2CCN(C(=O)[C@H](CCC(=O)O)n3cc(C(N)[C@H](C)CC)nn3)CC2)n1. The van der Waals surface area contributed by atoms with Crippen molar-refractivity contribution < 1.29 is 38.8 Å². The summed E-state index contributed by atoms with van der Waals surface area (Å²) >= 11 is 0. The molecule has 1 aromatic carbocycles. The Bertz CT molecular complexity index is 2360. The summed E-state index contributed by atoms with van der Waals surface area (Å²) in [6.45, 7) is 13.7. The van der Waals surface area contributed by atoms with Crippen molar-refractivity contribution in [2.24, 2.45) is 23.3 Å². The fourth-order valence-electron chi connectivity index (χ4n) is 8.26. The number of nitrogens with zero attached hydrogens (tertiary/aromatic N) is 13. The lowest BCUT2D eigenvalue weighted by molar-refractivity contribution is -0.139. The summed E-state index contributed by atoms with van der Waals surface area (Å²) in [7, 11) is 0. The molecule has 0 aliphatic carbocycles. The van der Waals surface area contributed by atoms with Crippen LogP contribution in [-0.2, 0) is 35.0 Å². The summed E-state index contributed by atoms with van der Waals surface area (Å²) in [6.07, 6.45) is 10.4. The van der Waals surface area contributed by atoms with E-state index >= 15 is 0 Å². The van der Waals surface area contributed by atoms with Crippen LogP contribution in [-0.4, -0.2) is 181 Å². The lowest BCUT2D eigenvalue weighted by atomic mass is 9.98. The number of phenolic OH excluding ortho intramolecular Hbond substituents is 1. The molecule has 2 aliphatic heterocycles. The maximum Gasteiger partial charge on any atom is 0.303 e. The van der Waals surface area contributed by atoms with Gasteiger partial charge in [0.15, 0.2) is 0 Å². The van der Waals surface area contributed by atoms with E-state index in [4.69, 9.17) is 47.1 Å². The number of carboxylic acids is 1. The van der Waals surface area contributed by atoms with Gasteiger partial charge in [-0.05, 0) is 36.0 Å². The van der Waals surface area contributed by atoms with Crippen molar-refractivity contribution in [1.29, 1.82) is 0 Å². The normalized spacial score (nSPS) is 16.7. The molecule has 4 aromatic rings. The van der Waals surface area contributed by atoms with Crippen molar-refractivity contribution in [2.45, 2.75) is 84.0 Å². The van der Waals surface area contributed by atoms with Crippen molar-refractivity contribution in [3.63, 3.8) is 0 Å². The number of piperazine rings is 2. The van der Waals surface area contributed by atoms with Gasteiger partial charge in [-0.2, -0.15) is 15.0 Å². The first kappa shape index (κ1) is 54.8. The average molecular weight is 1000 g/mol. The molecule has 0 saturated carbocycles. The van der Waals surface area contributed by atoms with Crippen molar-refractivity contribution >= 4 is 35.6 Å². The minimum absolute atomic E-state index is 0.0346. The maximum absolute atomic E-state index is 14.5. The number of ether oxygens (including phenoxy) is 3. The molecule has 3 aromatic heterocycles. The highest BCUT2D eigenvalue weighted by Gasteiger charge is 2.34. The molecule has 2 fully saturated rings. The minimum atomic E-state index is -1.02. The van der Waals surface area contributed by atoms with Crippen molar-refractivity contribution in [2.75, 3.05) is 114 Å². The molecule has 24 heteroatoms. The molecular formula is C48H72N16O8. The van der Waals surface area contributed by atoms with Crippen LogP contribution in [0.15, 0.2) is 36.7 Å². The summed E-state index contributed by atoms with van der Waals surface area (Å²) in [4.78, 5) is 62.4. The van der Waals surface area contributed by atoms with E-state index in [9.17, 15) is 24.6 Å². The number of carbonyl (C=O) groups is 3. The molecule has 2 saturated heterocycles. The predicted molar refractivity (Wildman–Crippen MR) is 267 cm³/mol. The smallest absolute Gasteiger partial charge is 0.303 e. The zero-order valence-electron chi connectivity index (χ0n) is 42.0. The number of benzene rings is 1. The standard InChI is InChI=1S/C48H72N16O8/c1-6-24-70-26-28-72-29-27-71-25-15-51-46-52-47(61-20-16-59(17-21-61)44(68)39(13-14-41(66)67)63-31-37(55-57-63)42(49)33(4)7-2)54-48(53-46)62-22-18-60(19-23-62)45(69)40(30-35-9-11-36(65)12-10-35)64-32-38(56-58-64)43(50)34(5)8-3/h1,9-12,31-34,39-40,42-43,65H,7-8,13-30,49-50H2,2-5H3,(H,66,67)(H,51,52,53,54)/t33-,34-,39+,40-,42?,43?/m1/s1. The molecule has 6 rings (SSSR count). The van der Waals surface area contributed by atoms with E-state index in [-0.39, 0.29) is 60.9 Å². The number of nitrogens with two attached hydrogens (primary N) is 2. The largest absolute Gasteiger partial charge is 0.508 e. The lowest BCUT2D eigenvalue weighted by Gasteiger charge is -2.38. The third-order valence-corrected chi connectivity index (χ3v) is 13.3. The molecule has 7 N–H and O–H groups in total. The van der Waals surface area contributed by atoms with Gasteiger partial charge in [0, 0.05) is 71.7 Å². The monoisotopic (exact) mass is 1000 g/mol. The first-order valence-electron chi connectivity index (χ1n) is 24.9. The van der Waals surface area contributed by atoms with Gasteiger partial charge in [-0.1, -0.05) is 69.0 Å². The number of rotatable bonds is 28. The topological polar surface area (TPSA) is 296 Å². The van der Waals surface area contributed by atoms with Gasteiger partial charge >= 0.3 is 5.97 Å². The average Bonchev–Trinajstić information content (AvgIpc) is 4.10. The summed E-state index contributed by atoms with van der Waals surface area (Å²) in [5.74, 6) is 2.59. The van der Waals surface area contributed by atoms with E-state index in [2.05, 4.69) is 45.7 Å². The van der Waals surface area contributed by atoms with Crippen molar-refractivity contribution in [3.8, 4) is 18.1 Å². The zero-order valence-corrected chi connectivity index (χ0v) is 42.0. The van der Waals surface area contributed by atoms with Gasteiger partial charge in [-0.15, -0.1) is 16.6 Å². The Hall–Kier alpha value is -6.52. The van der Waals surface area contributed by atoms with E-state index in [1.165, 1.54) is 4.68 Å². The Kier molecular flexibility index (Phi) is 20.8. The van der Waals surface area contributed by atoms with E-state index in [1.54, 1.807) is 46.2 Å². The predicted octanol–water partition coefficient (Wildman–Crippen LogP) is 1.83. The van der Waals surface area contributed by atoms with E-state index in [0.717, 1.165) is 18.4 Å². The molecule has 2 unspecified atom stereocenters. The third-order valence-electron chi connectivity index (χ3n) is 13.3. The van der Waals surface area contributed by atoms with E-state index < -0.39 is 18.1 Å². The number of terminal acetylenes is 1. The van der Waals surface area contributed by atoms with E-state index in [0.29, 0.717) is 128 Å². The van der Waals surface area contributed by atoms with Crippen LogP contribution in [0, 0.1) is 24.2 Å². The number of nitrogens with one attached hydrogen (secondary N) is 1. The quantitative estimate of drug-likeness (QED) is 0.0401. The molecule has 5 heterocycles. The van der Waals surface area contributed by atoms with Gasteiger partial charge in [-0.25, -0.2) is 9.36 Å². The van der Waals surface area contributed by atoms with Crippen molar-refractivity contribution in [3.05, 3.63) is 53.6 Å². The van der Waals surface area contributed by atoms with Gasteiger partial charge in [0.1, 0.15) is 24.4 Å². The van der Waals surface area contributed by atoms with Crippen LogP contribution in [0.5, 0.6) is 5.75 Å². The summed E-state index contributed by atoms with van der Waals surface area (Å²) in [5.41, 5.74) is 15.0. The first-order chi connectivity index (χ1) is 34.8. The summed E-state index contributed by atoms with van der Waals surface area (Å²) in [5, 5.41) is 40.1. The van der Waals surface area contributed by atoms with Gasteiger partial charge in [0.05, 0.1) is 68.9 Å². The molecule has 72 heavy (non-hydrogen) atoms. The first-order valence-corrected chi connectivity index (χ1v) is 24.9. The number of phenols is 1. The van der Waals surface area contributed by atoms with Crippen molar-refractivity contribution in [1.82, 2.24) is 54.7 Å². The van der Waals surface area contributed by atoms with Crippen LogP contribution in [0.3, 0.4) is 0 Å². The van der Waals surface area contributed by atoms with Gasteiger partial charge in [0.25, 0.3) is 0 Å². The van der Waals surface area contributed by atoms with Crippen LogP contribution in [0.4, 0.5) is 17.8 Å². The number of aliphatic carboxylic acids is 1. The Morgan fingerprint density at radius 2 is 1.21 bits per heavy atom. The number of anilines is 3. The molecule has 0 radical (unpaired) electrons. The number of hydrogen-bond donors (Lipinski definition) is 5. The van der Waals surface area contributed by atoms with Crippen LogP contribution < -0.4 is 26.6 Å². The van der Waals surface area contributed by atoms with E-state index in [1.807, 2.05) is 28.5 Å². The minimum Gasteiger partial charge on any atom is -0.508 e. The fraction of sp³-hybridized carbons (Fsp3) is 0.625. The highest BCUT2D eigenvalue weighted by molar-refractivity contribution is 5.82. The number of carboxylic acid groups (broad SMARTS) is 1. The maximum atomic E-state index is 14.5. The molecule has 2 amide bonds. The van der Waals surface area contributed by atoms with Crippen LogP contribution in [0.25, 0.3) is 0 Å².